The highest BCUT2D eigenvalue weighted by Crippen LogP contribution is 2.40. The van der Waals surface area contributed by atoms with Gasteiger partial charge in [0, 0.05) is 29.4 Å². The molecule has 3 nitrogen and oxygen atoms in total. The van der Waals surface area contributed by atoms with E-state index < -0.39 is 17.5 Å². The van der Waals surface area contributed by atoms with Crippen molar-refractivity contribution in [1.82, 2.24) is 15.1 Å². The highest BCUT2D eigenvalue weighted by atomic mass is 19.2. The number of fused-ring (bicyclic) bond motifs is 1. The van der Waals surface area contributed by atoms with Gasteiger partial charge >= 0.3 is 0 Å². The van der Waals surface area contributed by atoms with E-state index in [0.717, 1.165) is 42.9 Å². The molecule has 1 fully saturated rings. The molecular weight excluding hydrogens is 303 g/mol. The van der Waals surface area contributed by atoms with Crippen LogP contribution in [0.2, 0.25) is 0 Å². The predicted molar refractivity (Wildman–Crippen MR) is 83.2 cm³/mol. The standard InChI is InChI=1S/C17H22F3N3/c1-22(2)7-3-4-14-15-8-11(9-23(15)10-21-14)16-12(18)5-6-13(19)17(16)20/h5-6,11,21H,3-4,7-10H2,1-2H3/t11-/m0/s1. The topological polar surface area (TPSA) is 18.5 Å². The van der Waals surface area contributed by atoms with E-state index in [1.54, 1.807) is 0 Å². The molecule has 0 bridgehead atoms. The first-order chi connectivity index (χ1) is 11.0. The van der Waals surface area contributed by atoms with Crippen LogP contribution < -0.4 is 5.32 Å². The van der Waals surface area contributed by atoms with Gasteiger partial charge in [-0.05, 0) is 52.0 Å². The molecule has 2 aliphatic heterocycles. The summed E-state index contributed by atoms with van der Waals surface area (Å²) in [4.78, 5) is 4.24. The molecule has 0 amide bonds. The lowest BCUT2D eigenvalue weighted by Gasteiger charge is -2.15. The van der Waals surface area contributed by atoms with E-state index in [9.17, 15) is 13.2 Å². The van der Waals surface area contributed by atoms with Crippen molar-refractivity contribution in [1.29, 1.82) is 0 Å². The SMILES string of the molecule is CN(C)CCCC1=C2C[C@H](c3c(F)ccc(F)c3F)CN2CN1. The Balaban J connectivity index is 1.77. The number of benzene rings is 1. The van der Waals surface area contributed by atoms with Gasteiger partial charge in [0.2, 0.25) is 0 Å². The van der Waals surface area contributed by atoms with Gasteiger partial charge in [-0.15, -0.1) is 0 Å². The Kier molecular flexibility index (Phi) is 4.53. The van der Waals surface area contributed by atoms with Crippen molar-refractivity contribution >= 4 is 0 Å². The van der Waals surface area contributed by atoms with Crippen LogP contribution in [0.3, 0.4) is 0 Å². The minimum absolute atomic E-state index is 0.112. The molecule has 23 heavy (non-hydrogen) atoms. The van der Waals surface area contributed by atoms with Crippen molar-refractivity contribution in [2.45, 2.75) is 25.2 Å². The van der Waals surface area contributed by atoms with E-state index in [2.05, 4.69) is 15.1 Å². The fourth-order valence-electron chi connectivity index (χ4n) is 3.49. The van der Waals surface area contributed by atoms with E-state index in [4.69, 9.17) is 0 Å². The Morgan fingerprint density at radius 3 is 2.70 bits per heavy atom. The molecule has 0 spiro atoms. The van der Waals surface area contributed by atoms with Crippen molar-refractivity contribution in [2.75, 3.05) is 33.9 Å². The summed E-state index contributed by atoms with van der Waals surface area (Å²) in [6, 6.07) is 1.86. The van der Waals surface area contributed by atoms with Gasteiger partial charge in [0.1, 0.15) is 5.82 Å². The van der Waals surface area contributed by atoms with Gasteiger partial charge in [-0.25, -0.2) is 13.2 Å². The monoisotopic (exact) mass is 325 g/mol. The third kappa shape index (κ3) is 3.17. The molecule has 2 aliphatic rings. The molecule has 1 N–H and O–H groups in total. The maximum Gasteiger partial charge on any atom is 0.165 e. The summed E-state index contributed by atoms with van der Waals surface area (Å²) in [5.74, 6) is -3.00. The summed E-state index contributed by atoms with van der Waals surface area (Å²) in [5.41, 5.74) is 2.17. The largest absolute Gasteiger partial charge is 0.370 e. The Bertz CT molecular complexity index is 628. The normalized spacial score (nSPS) is 20.4. The molecule has 0 radical (unpaired) electrons. The Morgan fingerprint density at radius 1 is 1.22 bits per heavy atom. The summed E-state index contributed by atoms with van der Waals surface area (Å²) < 4.78 is 41.4. The van der Waals surface area contributed by atoms with Crippen molar-refractivity contribution in [2.24, 2.45) is 0 Å². The van der Waals surface area contributed by atoms with E-state index in [1.807, 2.05) is 14.1 Å². The minimum Gasteiger partial charge on any atom is -0.370 e. The second-order valence-corrected chi connectivity index (χ2v) is 6.55. The van der Waals surface area contributed by atoms with Gasteiger partial charge in [0.25, 0.3) is 0 Å². The van der Waals surface area contributed by atoms with Crippen LogP contribution in [0.5, 0.6) is 0 Å². The zero-order chi connectivity index (χ0) is 16.6. The van der Waals surface area contributed by atoms with Crippen molar-refractivity contribution in [3.8, 4) is 0 Å². The highest BCUT2D eigenvalue weighted by molar-refractivity contribution is 5.32. The van der Waals surface area contributed by atoms with E-state index in [-0.39, 0.29) is 11.5 Å². The Morgan fingerprint density at radius 2 is 1.96 bits per heavy atom. The van der Waals surface area contributed by atoms with Crippen LogP contribution in [0.25, 0.3) is 0 Å². The van der Waals surface area contributed by atoms with E-state index in [0.29, 0.717) is 19.6 Å². The second-order valence-electron chi connectivity index (χ2n) is 6.55. The average Bonchev–Trinajstić information content (AvgIpc) is 3.05. The van der Waals surface area contributed by atoms with Crippen LogP contribution in [0.4, 0.5) is 13.2 Å². The molecule has 126 valence electrons. The van der Waals surface area contributed by atoms with E-state index >= 15 is 0 Å². The molecule has 1 aromatic rings. The number of nitrogens with zero attached hydrogens (tertiary/aromatic N) is 2. The Hall–Kier alpha value is -1.69. The highest BCUT2D eigenvalue weighted by Gasteiger charge is 2.36. The third-order valence-electron chi connectivity index (χ3n) is 4.61. The third-order valence-corrected chi connectivity index (χ3v) is 4.61. The lowest BCUT2D eigenvalue weighted by molar-refractivity contribution is 0.388. The zero-order valence-corrected chi connectivity index (χ0v) is 13.5. The fraction of sp³-hybridized carbons (Fsp3) is 0.529. The number of halogens is 3. The quantitative estimate of drug-likeness (QED) is 0.840. The summed E-state index contributed by atoms with van der Waals surface area (Å²) in [6.45, 7) is 2.19. The second kappa shape index (κ2) is 6.43. The first-order valence-corrected chi connectivity index (χ1v) is 7.96. The lowest BCUT2D eigenvalue weighted by atomic mass is 9.95. The van der Waals surface area contributed by atoms with Crippen LogP contribution in [-0.2, 0) is 0 Å². The van der Waals surface area contributed by atoms with Gasteiger partial charge in [0.15, 0.2) is 11.6 Å². The van der Waals surface area contributed by atoms with Crippen LogP contribution in [0.1, 0.15) is 30.7 Å². The Labute approximate surface area is 134 Å². The molecule has 1 saturated heterocycles. The predicted octanol–water partition coefficient (Wildman–Crippen LogP) is 3.01. The van der Waals surface area contributed by atoms with Gasteiger partial charge in [-0.3, -0.25) is 0 Å². The number of nitrogens with one attached hydrogen (secondary N) is 1. The molecule has 1 atom stereocenters. The van der Waals surface area contributed by atoms with Gasteiger partial charge in [-0.2, -0.15) is 0 Å². The summed E-state index contributed by atoms with van der Waals surface area (Å²) in [5, 5.41) is 3.37. The zero-order valence-electron chi connectivity index (χ0n) is 13.5. The van der Waals surface area contributed by atoms with Crippen molar-refractivity contribution in [3.05, 3.63) is 46.5 Å². The van der Waals surface area contributed by atoms with Gasteiger partial charge in [0.05, 0.1) is 6.67 Å². The molecule has 0 aromatic heterocycles. The summed E-state index contributed by atoms with van der Waals surface area (Å²) in [7, 11) is 4.07. The van der Waals surface area contributed by atoms with Crippen LogP contribution >= 0.6 is 0 Å². The van der Waals surface area contributed by atoms with Gasteiger partial charge in [-0.1, -0.05) is 0 Å². The molecule has 0 aliphatic carbocycles. The average molecular weight is 325 g/mol. The number of allylic oxidation sites excluding steroid dienone is 2. The molecule has 2 heterocycles. The smallest absolute Gasteiger partial charge is 0.165 e. The van der Waals surface area contributed by atoms with E-state index in [1.165, 1.54) is 0 Å². The summed E-state index contributed by atoms with van der Waals surface area (Å²) in [6.07, 6.45) is 2.51. The van der Waals surface area contributed by atoms with Crippen molar-refractivity contribution in [3.63, 3.8) is 0 Å². The number of hydrogen-bond donors (Lipinski definition) is 1. The molecule has 3 rings (SSSR count). The maximum atomic E-state index is 14.0. The molecule has 1 aromatic carbocycles. The van der Waals surface area contributed by atoms with Crippen LogP contribution in [0, 0.1) is 17.5 Å². The van der Waals surface area contributed by atoms with Crippen LogP contribution in [-0.4, -0.2) is 43.7 Å². The number of rotatable bonds is 5. The fourth-order valence-corrected chi connectivity index (χ4v) is 3.49. The first kappa shape index (κ1) is 16.2. The molecule has 0 saturated carbocycles. The maximum absolute atomic E-state index is 14.0. The molecule has 6 heteroatoms. The summed E-state index contributed by atoms with van der Waals surface area (Å²) >= 11 is 0. The first-order valence-electron chi connectivity index (χ1n) is 7.96. The number of hydrogen-bond acceptors (Lipinski definition) is 3. The van der Waals surface area contributed by atoms with Crippen LogP contribution in [0.15, 0.2) is 23.5 Å². The lowest BCUT2D eigenvalue weighted by Crippen LogP contribution is -2.23. The van der Waals surface area contributed by atoms with Gasteiger partial charge < -0.3 is 15.1 Å². The molecular formula is C17H22F3N3. The van der Waals surface area contributed by atoms with Crippen molar-refractivity contribution < 1.29 is 13.2 Å². The minimum atomic E-state index is -1.04. The molecule has 0 unspecified atom stereocenters.